The second-order valence-electron chi connectivity index (χ2n) is 6.11. The van der Waals surface area contributed by atoms with Crippen molar-refractivity contribution in [1.29, 1.82) is 0 Å². The Morgan fingerprint density at radius 1 is 1.14 bits per heavy atom. The summed E-state index contributed by atoms with van der Waals surface area (Å²) < 4.78 is 1.71. The summed E-state index contributed by atoms with van der Waals surface area (Å²) in [6.45, 7) is 4.60. The second kappa shape index (κ2) is 8.25. The van der Waals surface area contributed by atoms with E-state index >= 15 is 0 Å². The molecule has 2 aromatic heterocycles. The third-order valence-electron chi connectivity index (χ3n) is 3.91. The van der Waals surface area contributed by atoms with Crippen molar-refractivity contribution in [2.45, 2.75) is 13.8 Å². The quantitative estimate of drug-likeness (QED) is 0.364. The van der Waals surface area contributed by atoms with Crippen molar-refractivity contribution in [2.24, 2.45) is 0 Å². The molecule has 144 valence electrons. The zero-order valence-corrected chi connectivity index (χ0v) is 15.4. The van der Waals surface area contributed by atoms with Crippen molar-refractivity contribution in [3.05, 3.63) is 69.5 Å². The average Bonchev–Trinajstić information content (AvgIpc) is 3.03. The second-order valence-corrected chi connectivity index (χ2v) is 6.11. The summed E-state index contributed by atoms with van der Waals surface area (Å²) in [4.78, 5) is 22.3. The highest BCUT2D eigenvalue weighted by Gasteiger charge is 2.11. The number of carbonyl (C=O) groups is 1. The number of anilines is 1. The lowest BCUT2D eigenvalue weighted by atomic mass is 10.2. The van der Waals surface area contributed by atoms with Gasteiger partial charge in [0, 0.05) is 36.5 Å². The fraction of sp³-hybridized carbons (Fsp3) is 0.222. The molecule has 0 bridgehead atoms. The van der Waals surface area contributed by atoms with Gasteiger partial charge in [0.05, 0.1) is 10.6 Å². The summed E-state index contributed by atoms with van der Waals surface area (Å²) in [7, 11) is 0. The molecule has 3 aromatic rings. The van der Waals surface area contributed by atoms with E-state index in [-0.39, 0.29) is 17.2 Å². The lowest BCUT2D eigenvalue weighted by molar-refractivity contribution is -0.384. The number of rotatable bonds is 7. The van der Waals surface area contributed by atoms with Gasteiger partial charge in [-0.1, -0.05) is 6.07 Å². The van der Waals surface area contributed by atoms with Crippen molar-refractivity contribution >= 4 is 17.4 Å². The normalized spacial score (nSPS) is 10.5. The average molecular weight is 381 g/mol. The van der Waals surface area contributed by atoms with Crippen molar-refractivity contribution in [2.75, 3.05) is 18.4 Å². The predicted molar refractivity (Wildman–Crippen MR) is 103 cm³/mol. The fourth-order valence-corrected chi connectivity index (χ4v) is 2.62. The number of nitrogens with zero attached hydrogens (tertiary/aromatic N) is 5. The van der Waals surface area contributed by atoms with Crippen molar-refractivity contribution < 1.29 is 9.72 Å². The van der Waals surface area contributed by atoms with Crippen LogP contribution in [0.4, 0.5) is 11.5 Å². The molecule has 0 fully saturated rings. The number of hydrogen-bond donors (Lipinski definition) is 2. The minimum atomic E-state index is -0.535. The molecule has 0 radical (unpaired) electrons. The van der Waals surface area contributed by atoms with Crippen LogP contribution >= 0.6 is 0 Å². The van der Waals surface area contributed by atoms with Gasteiger partial charge in [0.2, 0.25) is 0 Å². The topological polar surface area (TPSA) is 128 Å². The van der Waals surface area contributed by atoms with Gasteiger partial charge in [-0.25, -0.2) is 4.68 Å². The summed E-state index contributed by atoms with van der Waals surface area (Å²) in [5.74, 6) is 0.807. The summed E-state index contributed by atoms with van der Waals surface area (Å²) in [6.07, 6.45) is 0. The zero-order valence-electron chi connectivity index (χ0n) is 15.4. The third kappa shape index (κ3) is 4.47. The van der Waals surface area contributed by atoms with Gasteiger partial charge >= 0.3 is 0 Å². The van der Waals surface area contributed by atoms with Crippen molar-refractivity contribution in [1.82, 2.24) is 25.3 Å². The largest absolute Gasteiger partial charge is 0.367 e. The Morgan fingerprint density at radius 3 is 2.61 bits per heavy atom. The van der Waals surface area contributed by atoms with Gasteiger partial charge in [-0.15, -0.1) is 10.2 Å². The molecule has 0 aliphatic carbocycles. The van der Waals surface area contributed by atoms with Gasteiger partial charge in [0.25, 0.3) is 11.6 Å². The highest BCUT2D eigenvalue weighted by atomic mass is 16.6. The summed E-state index contributed by atoms with van der Waals surface area (Å²) in [6, 6.07) is 11.1. The zero-order chi connectivity index (χ0) is 20.1. The van der Waals surface area contributed by atoms with E-state index in [9.17, 15) is 14.9 Å². The Balaban J connectivity index is 1.50. The van der Waals surface area contributed by atoms with E-state index in [1.54, 1.807) is 16.8 Å². The molecule has 0 aliphatic heterocycles. The first-order valence-corrected chi connectivity index (χ1v) is 8.58. The van der Waals surface area contributed by atoms with E-state index in [2.05, 4.69) is 25.9 Å². The van der Waals surface area contributed by atoms with E-state index < -0.39 is 4.92 Å². The van der Waals surface area contributed by atoms with E-state index in [0.29, 0.717) is 24.7 Å². The third-order valence-corrected chi connectivity index (χ3v) is 3.91. The molecule has 0 unspecified atom stereocenters. The predicted octanol–water partition coefficient (Wildman–Crippen LogP) is 2.03. The van der Waals surface area contributed by atoms with Crippen LogP contribution in [0.1, 0.15) is 21.7 Å². The SMILES string of the molecule is Cc1cc(C)n(-c2ccc(NCCNC(=O)c3cccc([N+](=O)[O-])c3)nn2)n1. The van der Waals surface area contributed by atoms with Crippen LogP contribution in [0, 0.1) is 24.0 Å². The van der Waals surface area contributed by atoms with Gasteiger partial charge in [-0.2, -0.15) is 5.10 Å². The molecule has 10 heteroatoms. The highest BCUT2D eigenvalue weighted by molar-refractivity contribution is 5.94. The van der Waals surface area contributed by atoms with Gasteiger partial charge in [-0.05, 0) is 38.1 Å². The maximum absolute atomic E-state index is 12.1. The molecule has 0 aliphatic rings. The lowest BCUT2D eigenvalue weighted by Gasteiger charge is -2.08. The van der Waals surface area contributed by atoms with Gasteiger partial charge < -0.3 is 10.6 Å². The molecule has 10 nitrogen and oxygen atoms in total. The number of non-ortho nitro benzene ring substituents is 1. The van der Waals surface area contributed by atoms with Crippen LogP contribution in [0.2, 0.25) is 0 Å². The molecule has 0 saturated carbocycles. The molecule has 0 saturated heterocycles. The first-order chi connectivity index (χ1) is 13.4. The van der Waals surface area contributed by atoms with E-state index in [4.69, 9.17) is 0 Å². The molecule has 2 heterocycles. The molecule has 0 atom stereocenters. The monoisotopic (exact) mass is 381 g/mol. The van der Waals surface area contributed by atoms with Crippen LogP contribution in [-0.4, -0.2) is 43.9 Å². The number of nitrogens with one attached hydrogen (secondary N) is 2. The van der Waals surface area contributed by atoms with E-state index in [1.807, 2.05) is 19.9 Å². The minimum Gasteiger partial charge on any atom is -0.367 e. The van der Waals surface area contributed by atoms with Crippen LogP contribution in [0.25, 0.3) is 5.82 Å². The molecule has 2 N–H and O–H groups in total. The number of hydrogen-bond acceptors (Lipinski definition) is 7. The van der Waals surface area contributed by atoms with Crippen LogP contribution in [-0.2, 0) is 0 Å². The van der Waals surface area contributed by atoms with Crippen LogP contribution < -0.4 is 10.6 Å². The Hall–Kier alpha value is -3.82. The molecular formula is C18H19N7O3. The Bertz CT molecular complexity index is 999. The van der Waals surface area contributed by atoms with Crippen LogP contribution in [0.3, 0.4) is 0 Å². The number of aromatic nitrogens is 4. The molecule has 3 rings (SSSR count). The Labute approximate surface area is 160 Å². The van der Waals surface area contributed by atoms with E-state index in [1.165, 1.54) is 24.3 Å². The van der Waals surface area contributed by atoms with E-state index in [0.717, 1.165) is 11.4 Å². The number of aryl methyl sites for hydroxylation is 2. The molecule has 0 spiro atoms. The lowest BCUT2D eigenvalue weighted by Crippen LogP contribution is -2.29. The standard InChI is InChI=1S/C18H19N7O3/c1-12-10-13(2)24(23-12)17-7-6-16(21-22-17)19-8-9-20-18(26)14-4-3-5-15(11-14)25(27)28/h3-7,10-11H,8-9H2,1-2H3,(H,19,21)(H,20,26). The Morgan fingerprint density at radius 2 is 1.96 bits per heavy atom. The van der Waals surface area contributed by atoms with Crippen LogP contribution in [0.15, 0.2) is 42.5 Å². The van der Waals surface area contributed by atoms with Gasteiger partial charge in [0.15, 0.2) is 5.82 Å². The number of benzene rings is 1. The van der Waals surface area contributed by atoms with Gasteiger partial charge in [0.1, 0.15) is 5.82 Å². The molecule has 1 aromatic carbocycles. The number of amides is 1. The minimum absolute atomic E-state index is 0.122. The van der Waals surface area contributed by atoms with Crippen molar-refractivity contribution in [3.63, 3.8) is 0 Å². The highest BCUT2D eigenvalue weighted by Crippen LogP contribution is 2.13. The van der Waals surface area contributed by atoms with Gasteiger partial charge in [-0.3, -0.25) is 14.9 Å². The summed E-state index contributed by atoms with van der Waals surface area (Å²) in [5.41, 5.74) is 1.99. The number of carbonyl (C=O) groups excluding carboxylic acids is 1. The first-order valence-electron chi connectivity index (χ1n) is 8.58. The maximum Gasteiger partial charge on any atom is 0.270 e. The first kappa shape index (κ1) is 19.0. The molecular weight excluding hydrogens is 362 g/mol. The molecule has 28 heavy (non-hydrogen) atoms. The number of nitro groups is 1. The summed E-state index contributed by atoms with van der Waals surface area (Å²) >= 11 is 0. The molecule has 1 amide bonds. The van der Waals surface area contributed by atoms with Crippen molar-refractivity contribution in [3.8, 4) is 5.82 Å². The number of nitro benzene ring substituents is 1. The van der Waals surface area contributed by atoms with Crippen LogP contribution in [0.5, 0.6) is 0 Å². The fourth-order valence-electron chi connectivity index (χ4n) is 2.62. The maximum atomic E-state index is 12.1. The smallest absolute Gasteiger partial charge is 0.270 e. The Kier molecular flexibility index (Phi) is 5.58. The summed E-state index contributed by atoms with van der Waals surface area (Å²) in [5, 5.41) is 29.1.